The molecule has 2 aliphatic rings. The van der Waals surface area contributed by atoms with Gasteiger partial charge in [-0.05, 0) is 79.5 Å². The van der Waals surface area contributed by atoms with E-state index in [0.29, 0.717) is 25.0 Å². The molecule has 0 heterocycles. The Labute approximate surface area is 209 Å². The molecule has 1 aromatic carbocycles. The second kappa shape index (κ2) is 12.8. The SMILES string of the molecule is CC(C)CC(C1=CC=C(OC(C)OCCOc2ccc(C3CCCCC3)cc2)CC1)C(C)(C)C. The third-order valence-corrected chi connectivity index (χ3v) is 7.32. The van der Waals surface area contributed by atoms with Gasteiger partial charge in [-0.2, -0.15) is 0 Å². The van der Waals surface area contributed by atoms with Gasteiger partial charge in [-0.3, -0.25) is 0 Å². The zero-order chi connectivity index (χ0) is 24.6. The van der Waals surface area contributed by atoms with Gasteiger partial charge in [-0.15, -0.1) is 0 Å². The topological polar surface area (TPSA) is 27.7 Å². The minimum absolute atomic E-state index is 0.271. The Morgan fingerprint density at radius 3 is 2.18 bits per heavy atom. The standard InChI is InChI=1S/C31H48O3/c1-23(2)22-30(31(4,5)6)27-14-18-29(19-15-27)34-24(3)32-20-21-33-28-16-12-26(13-17-28)25-10-8-7-9-11-25/h12-14,16-18,23-25,30H,7-11,15,19-22H2,1-6H3. The minimum Gasteiger partial charge on any atom is -0.491 e. The largest absolute Gasteiger partial charge is 0.491 e. The lowest BCUT2D eigenvalue weighted by Gasteiger charge is -2.35. The van der Waals surface area contributed by atoms with Gasteiger partial charge in [-0.1, -0.05) is 77.7 Å². The maximum Gasteiger partial charge on any atom is 0.196 e. The lowest BCUT2D eigenvalue weighted by Crippen LogP contribution is -2.25. The fourth-order valence-corrected chi connectivity index (χ4v) is 5.45. The van der Waals surface area contributed by atoms with Gasteiger partial charge in [-0.25, -0.2) is 0 Å². The summed E-state index contributed by atoms with van der Waals surface area (Å²) in [5, 5.41) is 0. The van der Waals surface area contributed by atoms with Gasteiger partial charge < -0.3 is 14.2 Å². The number of ether oxygens (including phenoxy) is 3. The molecule has 2 aliphatic carbocycles. The molecule has 0 aromatic heterocycles. The molecule has 0 amide bonds. The van der Waals surface area contributed by atoms with Crippen LogP contribution in [-0.2, 0) is 9.47 Å². The summed E-state index contributed by atoms with van der Waals surface area (Å²) in [6.45, 7) is 14.7. The van der Waals surface area contributed by atoms with E-state index >= 15 is 0 Å². The first-order valence-electron chi connectivity index (χ1n) is 13.6. The quantitative estimate of drug-likeness (QED) is 0.240. The second-order valence-electron chi connectivity index (χ2n) is 11.7. The Bertz CT molecular complexity index is 791. The molecule has 3 nitrogen and oxygen atoms in total. The van der Waals surface area contributed by atoms with Crippen molar-refractivity contribution in [3.05, 3.63) is 53.3 Å². The first-order chi connectivity index (χ1) is 16.2. The molecule has 0 saturated heterocycles. The van der Waals surface area contributed by atoms with Crippen LogP contribution in [0.25, 0.3) is 0 Å². The summed E-state index contributed by atoms with van der Waals surface area (Å²) in [6.07, 6.45) is 14.2. The van der Waals surface area contributed by atoms with E-state index in [1.165, 1.54) is 44.1 Å². The minimum atomic E-state index is -0.271. The molecule has 2 unspecified atom stereocenters. The van der Waals surface area contributed by atoms with Crippen molar-refractivity contribution in [3.8, 4) is 5.75 Å². The van der Waals surface area contributed by atoms with E-state index in [2.05, 4.69) is 71.0 Å². The molecular weight excluding hydrogens is 420 g/mol. The molecule has 34 heavy (non-hydrogen) atoms. The first-order valence-corrected chi connectivity index (χ1v) is 13.6. The molecule has 1 aromatic rings. The van der Waals surface area contributed by atoms with Crippen LogP contribution in [0, 0.1) is 17.3 Å². The number of rotatable bonds is 11. The van der Waals surface area contributed by atoms with Gasteiger partial charge >= 0.3 is 0 Å². The molecule has 3 rings (SSSR count). The van der Waals surface area contributed by atoms with Crippen molar-refractivity contribution in [1.82, 2.24) is 0 Å². The molecule has 0 aliphatic heterocycles. The van der Waals surface area contributed by atoms with Gasteiger partial charge in [0.2, 0.25) is 0 Å². The Morgan fingerprint density at radius 1 is 0.882 bits per heavy atom. The Balaban J connectivity index is 1.39. The highest BCUT2D eigenvalue weighted by Crippen LogP contribution is 2.40. The fourth-order valence-electron chi connectivity index (χ4n) is 5.45. The Hall–Kier alpha value is -1.74. The highest BCUT2D eigenvalue weighted by atomic mass is 16.7. The van der Waals surface area contributed by atoms with E-state index in [1.54, 1.807) is 5.57 Å². The molecule has 2 atom stereocenters. The summed E-state index contributed by atoms with van der Waals surface area (Å²) in [5.41, 5.74) is 3.31. The number of benzene rings is 1. The van der Waals surface area contributed by atoms with Gasteiger partial charge in [0, 0.05) is 6.42 Å². The predicted molar refractivity (Wildman–Crippen MR) is 142 cm³/mol. The lowest BCUT2D eigenvalue weighted by atomic mass is 9.70. The zero-order valence-electron chi connectivity index (χ0n) is 22.6. The predicted octanol–water partition coefficient (Wildman–Crippen LogP) is 8.80. The molecule has 0 spiro atoms. The lowest BCUT2D eigenvalue weighted by molar-refractivity contribution is -0.110. The van der Waals surface area contributed by atoms with Crippen LogP contribution in [0.5, 0.6) is 5.75 Å². The van der Waals surface area contributed by atoms with E-state index in [9.17, 15) is 0 Å². The van der Waals surface area contributed by atoms with E-state index < -0.39 is 0 Å². The van der Waals surface area contributed by atoms with Crippen LogP contribution in [-0.4, -0.2) is 19.5 Å². The maximum atomic E-state index is 6.06. The average Bonchev–Trinajstić information content (AvgIpc) is 2.81. The van der Waals surface area contributed by atoms with Crippen molar-refractivity contribution in [2.75, 3.05) is 13.2 Å². The van der Waals surface area contributed by atoms with Gasteiger partial charge in [0.15, 0.2) is 6.29 Å². The van der Waals surface area contributed by atoms with E-state index in [-0.39, 0.29) is 11.7 Å². The van der Waals surface area contributed by atoms with Gasteiger partial charge in [0.25, 0.3) is 0 Å². The summed E-state index contributed by atoms with van der Waals surface area (Å²) in [5.74, 6) is 4.00. The van der Waals surface area contributed by atoms with Crippen molar-refractivity contribution in [3.63, 3.8) is 0 Å². The maximum absolute atomic E-state index is 6.06. The number of hydrogen-bond donors (Lipinski definition) is 0. The van der Waals surface area contributed by atoms with Crippen LogP contribution in [0.3, 0.4) is 0 Å². The molecule has 3 heteroatoms. The van der Waals surface area contributed by atoms with Gasteiger partial charge in [0.1, 0.15) is 12.4 Å². The number of hydrogen-bond acceptors (Lipinski definition) is 3. The Morgan fingerprint density at radius 2 is 1.59 bits per heavy atom. The van der Waals surface area contributed by atoms with Crippen LogP contribution in [0.15, 0.2) is 47.7 Å². The Kier molecular flexibility index (Phi) is 10.1. The third-order valence-electron chi connectivity index (χ3n) is 7.32. The monoisotopic (exact) mass is 468 g/mol. The fraction of sp³-hybridized carbons (Fsp3) is 0.677. The van der Waals surface area contributed by atoms with Crippen LogP contribution in [0.1, 0.15) is 104 Å². The summed E-state index contributed by atoms with van der Waals surface area (Å²) in [7, 11) is 0. The van der Waals surface area contributed by atoms with Crippen LogP contribution >= 0.6 is 0 Å². The van der Waals surface area contributed by atoms with Crippen molar-refractivity contribution in [2.45, 2.75) is 105 Å². The van der Waals surface area contributed by atoms with Gasteiger partial charge in [0.05, 0.1) is 12.4 Å². The summed E-state index contributed by atoms with van der Waals surface area (Å²) >= 11 is 0. The molecule has 1 fully saturated rings. The molecule has 0 N–H and O–H groups in total. The zero-order valence-corrected chi connectivity index (χ0v) is 22.6. The van der Waals surface area contributed by atoms with Crippen molar-refractivity contribution in [1.29, 1.82) is 0 Å². The highest BCUT2D eigenvalue weighted by Gasteiger charge is 2.29. The van der Waals surface area contributed by atoms with Crippen molar-refractivity contribution >= 4 is 0 Å². The molecule has 190 valence electrons. The molecule has 1 saturated carbocycles. The first kappa shape index (κ1) is 26.9. The van der Waals surface area contributed by atoms with Crippen molar-refractivity contribution in [2.24, 2.45) is 17.3 Å². The normalized spacial score (nSPS) is 19.4. The van der Waals surface area contributed by atoms with E-state index in [1.807, 2.05) is 6.92 Å². The van der Waals surface area contributed by atoms with Crippen molar-refractivity contribution < 1.29 is 14.2 Å². The van der Waals surface area contributed by atoms with Crippen LogP contribution in [0.2, 0.25) is 0 Å². The summed E-state index contributed by atoms with van der Waals surface area (Å²) in [4.78, 5) is 0. The smallest absolute Gasteiger partial charge is 0.196 e. The number of allylic oxidation sites excluding steroid dienone is 4. The molecular formula is C31H48O3. The second-order valence-corrected chi connectivity index (χ2v) is 11.7. The van der Waals surface area contributed by atoms with E-state index in [4.69, 9.17) is 14.2 Å². The highest BCUT2D eigenvalue weighted by molar-refractivity contribution is 5.29. The van der Waals surface area contributed by atoms with Crippen LogP contribution < -0.4 is 4.74 Å². The average molecular weight is 469 g/mol. The third kappa shape index (κ3) is 8.48. The molecule has 0 radical (unpaired) electrons. The van der Waals surface area contributed by atoms with Crippen LogP contribution in [0.4, 0.5) is 0 Å². The molecule has 0 bridgehead atoms. The van der Waals surface area contributed by atoms with E-state index in [0.717, 1.165) is 30.3 Å². The summed E-state index contributed by atoms with van der Waals surface area (Å²) in [6, 6.07) is 8.68. The summed E-state index contributed by atoms with van der Waals surface area (Å²) < 4.78 is 17.8.